The van der Waals surface area contributed by atoms with Crippen molar-refractivity contribution in [1.82, 2.24) is 9.80 Å². The van der Waals surface area contributed by atoms with Gasteiger partial charge in [-0.2, -0.15) is 0 Å². The van der Waals surface area contributed by atoms with E-state index in [4.69, 9.17) is 23.2 Å². The molecule has 0 spiro atoms. The Balaban J connectivity index is 1.21. The summed E-state index contributed by atoms with van der Waals surface area (Å²) in [5.74, 6) is 0. The maximum atomic E-state index is 6.38. The number of benzene rings is 2. The van der Waals surface area contributed by atoms with Crippen molar-refractivity contribution in [1.29, 1.82) is 0 Å². The Labute approximate surface area is 172 Å². The minimum absolute atomic E-state index is 0.639. The molecule has 3 nitrogen and oxygen atoms in total. The lowest BCUT2D eigenvalue weighted by Gasteiger charge is -2.37. The predicted octanol–water partition coefficient (Wildman–Crippen LogP) is 4.56. The molecule has 0 radical (unpaired) electrons. The highest BCUT2D eigenvalue weighted by Crippen LogP contribution is 2.32. The summed E-state index contributed by atoms with van der Waals surface area (Å²) < 4.78 is 0. The average molecular weight is 404 g/mol. The molecular weight excluding hydrogens is 377 g/mol. The molecule has 0 bridgehead atoms. The van der Waals surface area contributed by atoms with Crippen molar-refractivity contribution in [2.75, 3.05) is 50.7 Å². The minimum Gasteiger partial charge on any atom is -0.368 e. The van der Waals surface area contributed by atoms with Gasteiger partial charge in [0.2, 0.25) is 0 Å². The third-order valence-corrected chi connectivity index (χ3v) is 6.61. The van der Waals surface area contributed by atoms with E-state index >= 15 is 0 Å². The van der Waals surface area contributed by atoms with Crippen molar-refractivity contribution in [3.8, 4) is 0 Å². The number of nitrogens with zero attached hydrogens (tertiary/aromatic N) is 3. The zero-order valence-corrected chi connectivity index (χ0v) is 17.2. The summed E-state index contributed by atoms with van der Waals surface area (Å²) in [6, 6.07) is 14.8. The van der Waals surface area contributed by atoms with Gasteiger partial charge >= 0.3 is 0 Å². The first kappa shape index (κ1) is 19.1. The normalized spacial score (nSPS) is 18.5. The van der Waals surface area contributed by atoms with Crippen molar-refractivity contribution in [2.45, 2.75) is 19.4 Å². The van der Waals surface area contributed by atoms with Crippen molar-refractivity contribution in [3.05, 3.63) is 63.6 Å². The van der Waals surface area contributed by atoms with Crippen LogP contribution >= 0.6 is 23.2 Å². The van der Waals surface area contributed by atoms with Gasteiger partial charge in [-0.3, -0.25) is 9.80 Å². The van der Waals surface area contributed by atoms with Gasteiger partial charge in [0.05, 0.1) is 15.7 Å². The molecule has 0 amide bonds. The van der Waals surface area contributed by atoms with E-state index in [0.717, 1.165) is 38.4 Å². The second-order valence-electron chi connectivity index (χ2n) is 7.55. The molecule has 1 saturated heterocycles. The Bertz CT molecular complexity index is 772. The number of hydrogen-bond donors (Lipinski definition) is 0. The minimum atomic E-state index is 0.639. The van der Waals surface area contributed by atoms with Gasteiger partial charge in [-0.1, -0.05) is 53.5 Å². The topological polar surface area (TPSA) is 9.72 Å². The molecule has 0 atom stereocenters. The van der Waals surface area contributed by atoms with Crippen molar-refractivity contribution in [2.24, 2.45) is 0 Å². The predicted molar refractivity (Wildman–Crippen MR) is 115 cm³/mol. The third-order valence-electron chi connectivity index (χ3n) is 5.80. The van der Waals surface area contributed by atoms with E-state index < -0.39 is 0 Å². The number of rotatable bonds is 5. The van der Waals surface area contributed by atoms with E-state index in [1.54, 1.807) is 0 Å². The molecule has 2 aromatic rings. The van der Waals surface area contributed by atoms with E-state index in [-0.39, 0.29) is 0 Å². The maximum absolute atomic E-state index is 6.38. The van der Waals surface area contributed by atoms with E-state index in [9.17, 15) is 0 Å². The fourth-order valence-corrected chi connectivity index (χ4v) is 4.63. The van der Waals surface area contributed by atoms with E-state index in [2.05, 4.69) is 45.0 Å². The van der Waals surface area contributed by atoms with Crippen LogP contribution in [0.1, 0.15) is 17.5 Å². The highest BCUT2D eigenvalue weighted by atomic mass is 35.5. The van der Waals surface area contributed by atoms with Crippen LogP contribution in [0.4, 0.5) is 5.69 Å². The second-order valence-corrected chi connectivity index (χ2v) is 8.34. The first-order valence-electron chi connectivity index (χ1n) is 9.91. The van der Waals surface area contributed by atoms with Gasteiger partial charge in [-0.05, 0) is 49.2 Å². The summed E-state index contributed by atoms with van der Waals surface area (Å²) in [5.41, 5.74) is 4.11. The van der Waals surface area contributed by atoms with Gasteiger partial charge in [0.25, 0.3) is 0 Å². The zero-order valence-electron chi connectivity index (χ0n) is 15.7. The van der Waals surface area contributed by atoms with Crippen LogP contribution in [0.3, 0.4) is 0 Å². The van der Waals surface area contributed by atoms with Crippen LogP contribution in [0.25, 0.3) is 0 Å². The maximum Gasteiger partial charge on any atom is 0.0825 e. The Hall–Kier alpha value is -1.26. The number of anilines is 1. The lowest BCUT2D eigenvalue weighted by molar-refractivity contribution is 0.210. The fourth-order valence-electron chi connectivity index (χ4n) is 4.21. The van der Waals surface area contributed by atoms with E-state index in [1.165, 1.54) is 43.6 Å². The van der Waals surface area contributed by atoms with Crippen LogP contribution in [-0.4, -0.2) is 55.6 Å². The van der Waals surface area contributed by atoms with Crippen molar-refractivity contribution < 1.29 is 0 Å². The third kappa shape index (κ3) is 4.60. The highest BCUT2D eigenvalue weighted by molar-refractivity contribution is 6.43. The van der Waals surface area contributed by atoms with Crippen LogP contribution in [-0.2, 0) is 13.0 Å². The average Bonchev–Trinajstić information content (AvgIpc) is 2.71. The van der Waals surface area contributed by atoms with Gasteiger partial charge in [-0.15, -0.1) is 0 Å². The molecule has 2 heterocycles. The Morgan fingerprint density at radius 3 is 2.30 bits per heavy atom. The Morgan fingerprint density at radius 1 is 0.741 bits per heavy atom. The number of hydrogen-bond acceptors (Lipinski definition) is 3. The van der Waals surface area contributed by atoms with Gasteiger partial charge in [0.15, 0.2) is 0 Å². The van der Waals surface area contributed by atoms with Crippen molar-refractivity contribution in [3.63, 3.8) is 0 Å². The molecule has 0 N–H and O–H groups in total. The van der Waals surface area contributed by atoms with E-state index in [1.807, 2.05) is 12.1 Å². The monoisotopic (exact) mass is 403 g/mol. The second kappa shape index (κ2) is 8.83. The largest absolute Gasteiger partial charge is 0.368 e. The Morgan fingerprint density at radius 2 is 1.48 bits per heavy atom. The van der Waals surface area contributed by atoms with Crippen LogP contribution in [0.5, 0.6) is 0 Å². The summed E-state index contributed by atoms with van der Waals surface area (Å²) in [5, 5.41) is 1.32. The van der Waals surface area contributed by atoms with E-state index in [0.29, 0.717) is 10.0 Å². The SMILES string of the molecule is Clc1cccc(N2CCN(CCCN3CCc4ccccc4C3)CC2)c1Cl. The molecule has 27 heavy (non-hydrogen) atoms. The molecule has 5 heteroatoms. The molecule has 1 fully saturated rings. The van der Waals surface area contributed by atoms with Gasteiger partial charge in [0, 0.05) is 39.3 Å². The molecule has 2 aliphatic heterocycles. The van der Waals surface area contributed by atoms with Crippen LogP contribution < -0.4 is 4.90 Å². The molecule has 2 aliphatic rings. The summed E-state index contributed by atoms with van der Waals surface area (Å²) in [6.45, 7) is 8.87. The van der Waals surface area contributed by atoms with Crippen LogP contribution in [0.15, 0.2) is 42.5 Å². The number of halogens is 2. The molecule has 0 saturated carbocycles. The number of piperazine rings is 1. The lowest BCUT2D eigenvalue weighted by atomic mass is 10.00. The van der Waals surface area contributed by atoms with Crippen LogP contribution in [0.2, 0.25) is 10.0 Å². The Kier molecular flexibility index (Phi) is 6.24. The van der Waals surface area contributed by atoms with Gasteiger partial charge in [-0.25, -0.2) is 0 Å². The fraction of sp³-hybridized carbons (Fsp3) is 0.455. The molecular formula is C22H27Cl2N3. The van der Waals surface area contributed by atoms with Gasteiger partial charge < -0.3 is 4.90 Å². The smallest absolute Gasteiger partial charge is 0.0825 e. The summed E-state index contributed by atoms with van der Waals surface area (Å²) in [6.07, 6.45) is 2.43. The summed E-state index contributed by atoms with van der Waals surface area (Å²) in [7, 11) is 0. The first-order chi connectivity index (χ1) is 13.2. The molecule has 4 rings (SSSR count). The summed E-state index contributed by atoms with van der Waals surface area (Å²) in [4.78, 5) is 7.53. The molecule has 2 aromatic carbocycles. The highest BCUT2D eigenvalue weighted by Gasteiger charge is 2.20. The lowest BCUT2D eigenvalue weighted by Crippen LogP contribution is -2.47. The molecule has 144 valence electrons. The molecule has 0 unspecified atom stereocenters. The van der Waals surface area contributed by atoms with Crippen molar-refractivity contribution >= 4 is 28.9 Å². The van der Waals surface area contributed by atoms with Crippen LogP contribution in [0, 0.1) is 0 Å². The summed E-state index contributed by atoms with van der Waals surface area (Å²) >= 11 is 12.5. The zero-order chi connectivity index (χ0) is 18.6. The molecule has 0 aromatic heterocycles. The quantitative estimate of drug-likeness (QED) is 0.723. The standard InChI is InChI=1S/C22H27Cl2N3/c23-20-7-3-8-21(22(20)24)27-15-13-25(14-16-27)10-4-11-26-12-9-18-5-1-2-6-19(18)17-26/h1-3,5-8H,4,9-17H2. The van der Waals surface area contributed by atoms with Gasteiger partial charge in [0.1, 0.15) is 0 Å². The molecule has 0 aliphatic carbocycles. The number of fused-ring (bicyclic) bond motifs is 1. The first-order valence-corrected chi connectivity index (χ1v) is 10.7.